The fourth-order valence-corrected chi connectivity index (χ4v) is 2.34. The lowest BCUT2D eigenvalue weighted by Gasteiger charge is -2.01. The highest BCUT2D eigenvalue weighted by Gasteiger charge is 2.18. The number of aromatic nitrogens is 4. The molecule has 3 aromatic rings. The molecular weight excluding hydrogens is 268 g/mol. The van der Waals surface area contributed by atoms with Gasteiger partial charge in [0.25, 0.3) is 5.91 Å². The summed E-state index contributed by atoms with van der Waals surface area (Å²) in [7, 11) is 3.59. The molecule has 21 heavy (non-hydrogen) atoms. The van der Waals surface area contributed by atoms with Crippen molar-refractivity contribution in [3.63, 3.8) is 0 Å². The van der Waals surface area contributed by atoms with Crippen molar-refractivity contribution < 1.29 is 4.79 Å². The van der Waals surface area contributed by atoms with Crippen molar-refractivity contribution in [2.45, 2.75) is 6.54 Å². The smallest absolute Gasteiger partial charge is 0.278 e. The Morgan fingerprint density at radius 2 is 2.05 bits per heavy atom. The minimum Gasteiger partial charge on any atom is -0.326 e. The van der Waals surface area contributed by atoms with Gasteiger partial charge in [0.05, 0.1) is 5.52 Å². The number of carbonyl (C=O) groups excluding carboxylic acids is 1. The standard InChI is InChI=1S/C14H16N6O/c1-19-8-9(7-15)13(18-19)16-14(21)12-10-5-3-4-6-11(10)20(2)17-12/h3-6,8H,7,15H2,1-2H3,(H,16,18,21). The van der Waals surface area contributed by atoms with Gasteiger partial charge in [0, 0.05) is 37.8 Å². The summed E-state index contributed by atoms with van der Waals surface area (Å²) in [6, 6.07) is 7.59. The molecule has 0 aliphatic heterocycles. The number of fused-ring (bicyclic) bond motifs is 1. The average molecular weight is 284 g/mol. The van der Waals surface area contributed by atoms with Crippen molar-refractivity contribution in [3.8, 4) is 0 Å². The Bertz CT molecular complexity index is 816. The van der Waals surface area contributed by atoms with Gasteiger partial charge in [0.15, 0.2) is 11.5 Å². The molecule has 0 aliphatic carbocycles. The van der Waals surface area contributed by atoms with Gasteiger partial charge in [-0.05, 0) is 6.07 Å². The number of anilines is 1. The van der Waals surface area contributed by atoms with E-state index in [1.165, 1.54) is 0 Å². The molecule has 1 aromatic carbocycles. The fraction of sp³-hybridized carbons (Fsp3) is 0.214. The van der Waals surface area contributed by atoms with Gasteiger partial charge in [-0.25, -0.2) is 0 Å². The maximum atomic E-state index is 12.4. The topological polar surface area (TPSA) is 90.8 Å². The van der Waals surface area contributed by atoms with Gasteiger partial charge in [-0.15, -0.1) is 0 Å². The quantitative estimate of drug-likeness (QED) is 0.751. The van der Waals surface area contributed by atoms with Crippen LogP contribution in [0.5, 0.6) is 0 Å². The van der Waals surface area contributed by atoms with Crippen LogP contribution >= 0.6 is 0 Å². The van der Waals surface area contributed by atoms with E-state index in [1.54, 1.807) is 22.6 Å². The zero-order valence-corrected chi connectivity index (χ0v) is 11.9. The van der Waals surface area contributed by atoms with Gasteiger partial charge in [-0.3, -0.25) is 14.2 Å². The molecule has 0 fully saturated rings. The number of hydrogen-bond acceptors (Lipinski definition) is 4. The maximum Gasteiger partial charge on any atom is 0.278 e. The summed E-state index contributed by atoms with van der Waals surface area (Å²) in [5.74, 6) is 0.180. The zero-order valence-electron chi connectivity index (χ0n) is 11.9. The van der Waals surface area contributed by atoms with Crippen LogP contribution in [-0.4, -0.2) is 25.5 Å². The SMILES string of the molecule is Cn1cc(CN)c(NC(=O)c2nn(C)c3ccccc23)n1. The largest absolute Gasteiger partial charge is 0.326 e. The Labute approximate surface area is 121 Å². The molecule has 0 saturated carbocycles. The third-order valence-electron chi connectivity index (χ3n) is 3.33. The van der Waals surface area contributed by atoms with E-state index < -0.39 is 0 Å². The monoisotopic (exact) mass is 284 g/mol. The van der Waals surface area contributed by atoms with E-state index in [2.05, 4.69) is 15.5 Å². The summed E-state index contributed by atoms with van der Waals surface area (Å²) in [6.07, 6.45) is 1.78. The molecule has 0 saturated heterocycles. The van der Waals surface area contributed by atoms with Crippen LogP contribution in [0, 0.1) is 0 Å². The van der Waals surface area contributed by atoms with Crippen molar-refractivity contribution in [2.75, 3.05) is 5.32 Å². The molecule has 0 unspecified atom stereocenters. The number of aryl methyl sites for hydroxylation is 2. The molecular formula is C14H16N6O. The third kappa shape index (κ3) is 2.27. The average Bonchev–Trinajstić information content (AvgIpc) is 3.00. The van der Waals surface area contributed by atoms with Crippen LogP contribution in [0.1, 0.15) is 16.1 Å². The number of rotatable bonds is 3. The summed E-state index contributed by atoms with van der Waals surface area (Å²) in [6.45, 7) is 0.312. The van der Waals surface area contributed by atoms with Crippen LogP contribution in [-0.2, 0) is 20.6 Å². The first-order valence-corrected chi connectivity index (χ1v) is 6.56. The van der Waals surface area contributed by atoms with E-state index in [-0.39, 0.29) is 5.91 Å². The zero-order chi connectivity index (χ0) is 15.0. The number of benzene rings is 1. The normalized spacial score (nSPS) is 11.0. The molecule has 0 aliphatic rings. The summed E-state index contributed by atoms with van der Waals surface area (Å²) in [5, 5.41) is 12.1. The first kappa shape index (κ1) is 13.3. The Hall–Kier alpha value is -2.67. The molecule has 0 radical (unpaired) electrons. The van der Waals surface area contributed by atoms with Crippen molar-refractivity contribution in [1.82, 2.24) is 19.6 Å². The number of nitrogens with one attached hydrogen (secondary N) is 1. The minimum absolute atomic E-state index is 0.291. The molecule has 7 heteroatoms. The molecule has 3 N–H and O–H groups in total. The molecule has 7 nitrogen and oxygen atoms in total. The second-order valence-electron chi connectivity index (χ2n) is 4.82. The lowest BCUT2D eigenvalue weighted by atomic mass is 10.2. The lowest BCUT2D eigenvalue weighted by molar-refractivity contribution is 0.102. The fourth-order valence-electron chi connectivity index (χ4n) is 2.34. The second-order valence-corrected chi connectivity index (χ2v) is 4.82. The number of nitrogens with two attached hydrogens (primary N) is 1. The molecule has 1 amide bonds. The molecule has 3 rings (SSSR count). The van der Waals surface area contributed by atoms with Gasteiger partial charge in [0.2, 0.25) is 0 Å². The molecule has 2 heterocycles. The van der Waals surface area contributed by atoms with Gasteiger partial charge in [0.1, 0.15) is 0 Å². The van der Waals surface area contributed by atoms with Crippen LogP contribution < -0.4 is 11.1 Å². The summed E-state index contributed by atoms with van der Waals surface area (Å²) >= 11 is 0. The first-order chi connectivity index (χ1) is 10.1. The van der Waals surface area contributed by atoms with Crippen LogP contribution in [0.3, 0.4) is 0 Å². The number of nitrogens with zero attached hydrogens (tertiary/aromatic N) is 4. The van der Waals surface area contributed by atoms with Crippen LogP contribution in [0.4, 0.5) is 5.82 Å². The third-order valence-corrected chi connectivity index (χ3v) is 3.33. The van der Waals surface area contributed by atoms with Gasteiger partial charge >= 0.3 is 0 Å². The number of para-hydroxylation sites is 1. The Morgan fingerprint density at radius 3 is 2.81 bits per heavy atom. The van der Waals surface area contributed by atoms with E-state index in [9.17, 15) is 4.79 Å². The summed E-state index contributed by atoms with van der Waals surface area (Å²) in [4.78, 5) is 12.4. The number of amides is 1. The first-order valence-electron chi connectivity index (χ1n) is 6.56. The van der Waals surface area contributed by atoms with Gasteiger partial charge < -0.3 is 11.1 Å². The van der Waals surface area contributed by atoms with Gasteiger partial charge in [-0.2, -0.15) is 10.2 Å². The van der Waals surface area contributed by atoms with E-state index in [4.69, 9.17) is 5.73 Å². The van der Waals surface area contributed by atoms with E-state index in [1.807, 2.05) is 31.3 Å². The highest BCUT2D eigenvalue weighted by molar-refractivity contribution is 6.11. The molecule has 0 spiro atoms. The number of carbonyl (C=O) groups is 1. The predicted molar refractivity (Wildman–Crippen MR) is 79.8 cm³/mol. The minimum atomic E-state index is -0.291. The Kier molecular flexibility index (Phi) is 3.19. The van der Waals surface area contributed by atoms with E-state index >= 15 is 0 Å². The number of hydrogen-bond donors (Lipinski definition) is 2. The molecule has 2 aromatic heterocycles. The maximum absolute atomic E-state index is 12.4. The van der Waals surface area contributed by atoms with E-state index in [0.717, 1.165) is 16.5 Å². The Balaban J connectivity index is 1.97. The molecule has 0 bridgehead atoms. The summed E-state index contributed by atoms with van der Waals surface area (Å²) in [5.41, 5.74) is 7.71. The van der Waals surface area contributed by atoms with Crippen LogP contribution in [0.25, 0.3) is 10.9 Å². The second kappa shape index (κ2) is 5.02. The summed E-state index contributed by atoms with van der Waals surface area (Å²) < 4.78 is 3.31. The van der Waals surface area contributed by atoms with Crippen molar-refractivity contribution in [3.05, 3.63) is 41.7 Å². The highest BCUT2D eigenvalue weighted by atomic mass is 16.2. The Morgan fingerprint density at radius 1 is 1.29 bits per heavy atom. The molecule has 108 valence electrons. The molecule has 0 atom stereocenters. The van der Waals surface area contributed by atoms with Crippen LogP contribution in [0.15, 0.2) is 30.5 Å². The van der Waals surface area contributed by atoms with Crippen molar-refractivity contribution in [1.29, 1.82) is 0 Å². The lowest BCUT2D eigenvalue weighted by Crippen LogP contribution is -2.15. The van der Waals surface area contributed by atoms with Crippen molar-refractivity contribution >= 4 is 22.6 Å². The predicted octanol–water partition coefficient (Wildman–Crippen LogP) is 1.02. The van der Waals surface area contributed by atoms with Gasteiger partial charge in [-0.1, -0.05) is 18.2 Å². The highest BCUT2D eigenvalue weighted by Crippen LogP contribution is 2.19. The van der Waals surface area contributed by atoms with E-state index in [0.29, 0.717) is 18.1 Å². The van der Waals surface area contributed by atoms with Crippen LogP contribution in [0.2, 0.25) is 0 Å². The van der Waals surface area contributed by atoms with Crippen molar-refractivity contribution in [2.24, 2.45) is 19.8 Å².